The lowest BCUT2D eigenvalue weighted by Gasteiger charge is -2.25. The number of rotatable bonds is 5. The topological polar surface area (TPSA) is 56.8 Å². The van der Waals surface area contributed by atoms with E-state index in [4.69, 9.17) is 14.2 Å². The van der Waals surface area contributed by atoms with Gasteiger partial charge in [-0.1, -0.05) is 24.3 Å². The molecule has 0 aliphatic carbocycles. The Hall–Kier alpha value is -2.69. The molecule has 1 heterocycles. The molecule has 2 aromatic rings. The number of fused-ring (bicyclic) bond motifs is 1. The van der Waals surface area contributed by atoms with Gasteiger partial charge in [0.1, 0.15) is 12.4 Å². The molecule has 120 valence electrons. The number of para-hydroxylation sites is 2. The van der Waals surface area contributed by atoms with Crippen LogP contribution in [0.3, 0.4) is 0 Å². The average Bonchev–Trinajstić information content (AvgIpc) is 2.60. The summed E-state index contributed by atoms with van der Waals surface area (Å²) in [4.78, 5) is 12.2. The minimum absolute atomic E-state index is 0.187. The zero-order valence-electron chi connectivity index (χ0n) is 13.0. The third-order valence-corrected chi connectivity index (χ3v) is 3.50. The fourth-order valence-electron chi connectivity index (χ4n) is 2.32. The second-order valence-corrected chi connectivity index (χ2v) is 5.16. The molecule has 0 aromatic heterocycles. The molecule has 0 saturated heterocycles. The lowest BCUT2D eigenvalue weighted by molar-refractivity contribution is -0.130. The van der Waals surface area contributed by atoms with Crippen molar-refractivity contribution in [2.75, 3.05) is 13.2 Å². The number of carbonyl (C=O) groups is 1. The van der Waals surface area contributed by atoms with E-state index in [1.807, 2.05) is 49.4 Å². The predicted octanol–water partition coefficient (Wildman–Crippen LogP) is 2.54. The quantitative estimate of drug-likeness (QED) is 0.921. The highest BCUT2D eigenvalue weighted by Crippen LogP contribution is 2.30. The van der Waals surface area contributed by atoms with Gasteiger partial charge in [-0.25, -0.2) is 0 Å². The Morgan fingerprint density at radius 2 is 1.91 bits per heavy atom. The summed E-state index contributed by atoms with van der Waals surface area (Å²) in [7, 11) is 0. The lowest BCUT2D eigenvalue weighted by Crippen LogP contribution is -2.43. The Labute approximate surface area is 135 Å². The Balaban J connectivity index is 1.54. The van der Waals surface area contributed by atoms with Crippen molar-refractivity contribution < 1.29 is 19.0 Å². The molecular weight excluding hydrogens is 294 g/mol. The van der Waals surface area contributed by atoms with Crippen LogP contribution >= 0.6 is 0 Å². The number of hydrogen-bond acceptors (Lipinski definition) is 4. The van der Waals surface area contributed by atoms with E-state index in [9.17, 15) is 4.79 Å². The van der Waals surface area contributed by atoms with E-state index in [1.165, 1.54) is 0 Å². The van der Waals surface area contributed by atoms with E-state index in [0.717, 1.165) is 11.3 Å². The van der Waals surface area contributed by atoms with Crippen LogP contribution in [-0.2, 0) is 11.3 Å². The van der Waals surface area contributed by atoms with E-state index in [1.54, 1.807) is 6.07 Å². The molecule has 1 aliphatic heterocycles. The van der Waals surface area contributed by atoms with Gasteiger partial charge >= 0.3 is 0 Å². The molecule has 0 unspecified atom stereocenters. The highest BCUT2D eigenvalue weighted by atomic mass is 16.6. The second-order valence-electron chi connectivity index (χ2n) is 5.16. The van der Waals surface area contributed by atoms with Gasteiger partial charge in [-0.15, -0.1) is 0 Å². The molecule has 3 rings (SSSR count). The molecule has 5 nitrogen and oxygen atoms in total. The SMILES string of the molecule is CCOc1ccc(CNC(=O)[C@H]2COc3ccccc3O2)cc1. The van der Waals surface area contributed by atoms with E-state index in [-0.39, 0.29) is 12.5 Å². The van der Waals surface area contributed by atoms with Crippen LogP contribution in [0, 0.1) is 0 Å². The lowest BCUT2D eigenvalue weighted by atomic mass is 10.2. The van der Waals surface area contributed by atoms with Gasteiger partial charge in [-0.2, -0.15) is 0 Å². The molecule has 1 aliphatic rings. The first-order chi connectivity index (χ1) is 11.3. The van der Waals surface area contributed by atoms with Crippen LogP contribution in [0.25, 0.3) is 0 Å². The first kappa shape index (κ1) is 15.2. The van der Waals surface area contributed by atoms with Gasteiger partial charge in [0.05, 0.1) is 6.61 Å². The first-order valence-corrected chi connectivity index (χ1v) is 7.64. The van der Waals surface area contributed by atoms with Gasteiger partial charge in [0.2, 0.25) is 6.10 Å². The summed E-state index contributed by atoms with van der Waals surface area (Å²) in [5.74, 6) is 1.90. The summed E-state index contributed by atoms with van der Waals surface area (Å²) >= 11 is 0. The van der Waals surface area contributed by atoms with Crippen LogP contribution in [0.4, 0.5) is 0 Å². The maximum Gasteiger partial charge on any atom is 0.264 e. The summed E-state index contributed by atoms with van der Waals surface area (Å²) in [6.45, 7) is 3.23. The summed E-state index contributed by atoms with van der Waals surface area (Å²) in [5.41, 5.74) is 0.999. The molecule has 1 amide bonds. The molecule has 1 N–H and O–H groups in total. The Kier molecular flexibility index (Phi) is 4.66. The molecule has 0 saturated carbocycles. The third kappa shape index (κ3) is 3.74. The van der Waals surface area contributed by atoms with E-state index in [0.29, 0.717) is 24.7 Å². The van der Waals surface area contributed by atoms with Gasteiger partial charge in [0.25, 0.3) is 5.91 Å². The molecule has 0 bridgehead atoms. The summed E-state index contributed by atoms with van der Waals surface area (Å²) in [6.07, 6.45) is -0.632. The molecular formula is C18H19NO4. The number of benzene rings is 2. The van der Waals surface area contributed by atoms with Crippen LogP contribution in [0.15, 0.2) is 48.5 Å². The fourth-order valence-corrected chi connectivity index (χ4v) is 2.32. The standard InChI is InChI=1S/C18H19NO4/c1-2-21-14-9-7-13(8-10-14)11-19-18(20)17-12-22-15-5-3-4-6-16(15)23-17/h3-10,17H,2,11-12H2,1H3,(H,19,20)/t17-/m1/s1. The second kappa shape index (κ2) is 7.05. The van der Waals surface area contributed by atoms with E-state index < -0.39 is 6.10 Å². The van der Waals surface area contributed by atoms with Gasteiger partial charge in [-0.3, -0.25) is 4.79 Å². The summed E-state index contributed by atoms with van der Waals surface area (Å²) in [5, 5.41) is 2.87. The van der Waals surface area contributed by atoms with Crippen LogP contribution in [-0.4, -0.2) is 25.2 Å². The molecule has 0 radical (unpaired) electrons. The minimum Gasteiger partial charge on any atom is -0.494 e. The maximum absolute atomic E-state index is 12.2. The molecule has 5 heteroatoms. The largest absolute Gasteiger partial charge is 0.494 e. The van der Waals surface area contributed by atoms with Crippen LogP contribution in [0.1, 0.15) is 12.5 Å². The van der Waals surface area contributed by atoms with Gasteiger partial charge < -0.3 is 19.5 Å². The Bertz CT molecular complexity index is 669. The van der Waals surface area contributed by atoms with Crippen molar-refractivity contribution in [1.82, 2.24) is 5.32 Å². The van der Waals surface area contributed by atoms with E-state index in [2.05, 4.69) is 5.32 Å². The first-order valence-electron chi connectivity index (χ1n) is 7.64. The number of amides is 1. The Morgan fingerprint density at radius 3 is 2.65 bits per heavy atom. The van der Waals surface area contributed by atoms with Crippen molar-refractivity contribution in [2.24, 2.45) is 0 Å². The summed E-state index contributed by atoms with van der Waals surface area (Å²) < 4.78 is 16.6. The number of carbonyl (C=O) groups excluding carboxylic acids is 1. The third-order valence-electron chi connectivity index (χ3n) is 3.50. The normalized spacial score (nSPS) is 15.8. The molecule has 2 aromatic carbocycles. The van der Waals surface area contributed by atoms with Crippen LogP contribution in [0.5, 0.6) is 17.2 Å². The van der Waals surface area contributed by atoms with Crippen molar-refractivity contribution in [1.29, 1.82) is 0 Å². The van der Waals surface area contributed by atoms with Crippen LogP contribution < -0.4 is 19.5 Å². The monoisotopic (exact) mass is 313 g/mol. The van der Waals surface area contributed by atoms with Crippen molar-refractivity contribution in [3.63, 3.8) is 0 Å². The Morgan fingerprint density at radius 1 is 1.17 bits per heavy atom. The highest BCUT2D eigenvalue weighted by molar-refractivity contribution is 5.81. The van der Waals surface area contributed by atoms with Gasteiger partial charge in [-0.05, 0) is 36.8 Å². The summed E-state index contributed by atoms with van der Waals surface area (Å²) in [6, 6.07) is 15.0. The smallest absolute Gasteiger partial charge is 0.264 e. The molecule has 23 heavy (non-hydrogen) atoms. The minimum atomic E-state index is -0.632. The van der Waals surface area contributed by atoms with Crippen molar-refractivity contribution >= 4 is 5.91 Å². The van der Waals surface area contributed by atoms with Crippen molar-refractivity contribution in [3.8, 4) is 17.2 Å². The number of ether oxygens (including phenoxy) is 3. The number of nitrogens with one attached hydrogen (secondary N) is 1. The molecule has 0 spiro atoms. The maximum atomic E-state index is 12.2. The molecule has 0 fully saturated rings. The van der Waals surface area contributed by atoms with Gasteiger partial charge in [0.15, 0.2) is 11.5 Å². The molecule has 1 atom stereocenters. The van der Waals surface area contributed by atoms with Crippen molar-refractivity contribution in [3.05, 3.63) is 54.1 Å². The number of hydrogen-bond donors (Lipinski definition) is 1. The zero-order valence-corrected chi connectivity index (χ0v) is 13.0. The van der Waals surface area contributed by atoms with E-state index >= 15 is 0 Å². The fraction of sp³-hybridized carbons (Fsp3) is 0.278. The highest BCUT2D eigenvalue weighted by Gasteiger charge is 2.26. The predicted molar refractivity (Wildman–Crippen MR) is 85.8 cm³/mol. The van der Waals surface area contributed by atoms with Crippen molar-refractivity contribution in [2.45, 2.75) is 19.6 Å². The zero-order chi connectivity index (χ0) is 16.1. The average molecular weight is 313 g/mol. The van der Waals surface area contributed by atoms with Crippen LogP contribution in [0.2, 0.25) is 0 Å². The van der Waals surface area contributed by atoms with Gasteiger partial charge in [0, 0.05) is 6.54 Å².